The largest absolute Gasteiger partial charge is 0.398 e. The van der Waals surface area contributed by atoms with Crippen LogP contribution in [0.1, 0.15) is 42.9 Å². The minimum Gasteiger partial charge on any atom is -0.398 e. The molecule has 4 aromatic rings. The molecule has 3 heterocycles. The molecule has 0 spiro atoms. The summed E-state index contributed by atoms with van der Waals surface area (Å²) in [6.07, 6.45) is 8.32. The van der Waals surface area contributed by atoms with Gasteiger partial charge in [-0.25, -0.2) is 4.98 Å². The van der Waals surface area contributed by atoms with E-state index in [1.54, 1.807) is 31.6 Å². The van der Waals surface area contributed by atoms with Crippen LogP contribution in [-0.2, 0) is 0 Å². The second-order valence-corrected chi connectivity index (χ2v) is 9.43. The molecule has 2 saturated carbocycles. The standard InChI is InChI=1S/C27H27N7O/c1-29-14-19-12-20(7-8-21(19)28)34-27(35)25(18-6-9-22(30-15-18)17-4-5-17)26-23(33-34)10-11-24(32-26)31-13-16-2-3-16/h6-12,14-17H,2-5,13,28H2,1H3,(H,31,32). The predicted molar refractivity (Wildman–Crippen MR) is 139 cm³/mol. The lowest BCUT2D eigenvalue weighted by Crippen LogP contribution is -2.24. The molecule has 2 aliphatic rings. The molecule has 8 nitrogen and oxygen atoms in total. The number of nitrogens with one attached hydrogen (secondary N) is 1. The van der Waals surface area contributed by atoms with Crippen molar-refractivity contribution in [1.82, 2.24) is 19.7 Å². The molecule has 0 bridgehead atoms. The Morgan fingerprint density at radius 3 is 2.71 bits per heavy atom. The number of pyridine rings is 2. The van der Waals surface area contributed by atoms with E-state index in [-0.39, 0.29) is 5.56 Å². The molecule has 1 aromatic carbocycles. The highest BCUT2D eigenvalue weighted by molar-refractivity contribution is 5.92. The second-order valence-electron chi connectivity index (χ2n) is 9.43. The quantitative estimate of drug-likeness (QED) is 0.313. The summed E-state index contributed by atoms with van der Waals surface area (Å²) in [4.78, 5) is 27.5. The fourth-order valence-corrected chi connectivity index (χ4v) is 4.30. The van der Waals surface area contributed by atoms with Crippen LogP contribution in [0.15, 0.2) is 58.4 Å². The maximum atomic E-state index is 13.9. The van der Waals surface area contributed by atoms with Crippen molar-refractivity contribution in [1.29, 1.82) is 0 Å². The first-order chi connectivity index (χ1) is 17.1. The molecule has 8 heteroatoms. The summed E-state index contributed by atoms with van der Waals surface area (Å²) >= 11 is 0. The van der Waals surface area contributed by atoms with E-state index in [1.807, 2.05) is 30.3 Å². The van der Waals surface area contributed by atoms with E-state index < -0.39 is 0 Å². The minimum absolute atomic E-state index is 0.255. The summed E-state index contributed by atoms with van der Waals surface area (Å²) in [6, 6.07) is 13.2. The summed E-state index contributed by atoms with van der Waals surface area (Å²) in [7, 11) is 1.68. The third-order valence-corrected chi connectivity index (χ3v) is 6.65. The fourth-order valence-electron chi connectivity index (χ4n) is 4.30. The maximum Gasteiger partial charge on any atom is 0.281 e. The third kappa shape index (κ3) is 4.27. The highest BCUT2D eigenvalue weighted by Crippen LogP contribution is 2.39. The van der Waals surface area contributed by atoms with Gasteiger partial charge in [-0.3, -0.25) is 14.8 Å². The SMILES string of the molecule is CN=Cc1cc(-n2nc3ccc(NCC4CC4)nc3c(-c3ccc(C4CC4)nc3)c2=O)ccc1N. The van der Waals surface area contributed by atoms with Crippen molar-refractivity contribution in [3.63, 3.8) is 0 Å². The number of fused-ring (bicyclic) bond motifs is 1. The van der Waals surface area contributed by atoms with Gasteiger partial charge in [-0.2, -0.15) is 9.78 Å². The molecule has 0 amide bonds. The van der Waals surface area contributed by atoms with Crippen LogP contribution in [0.2, 0.25) is 0 Å². The molecule has 0 unspecified atom stereocenters. The van der Waals surface area contributed by atoms with Crippen LogP contribution in [-0.4, -0.2) is 39.6 Å². The van der Waals surface area contributed by atoms with Gasteiger partial charge in [0.2, 0.25) is 0 Å². The van der Waals surface area contributed by atoms with E-state index in [2.05, 4.69) is 20.4 Å². The first-order valence-corrected chi connectivity index (χ1v) is 12.1. The van der Waals surface area contributed by atoms with Gasteiger partial charge in [0, 0.05) is 54.4 Å². The Morgan fingerprint density at radius 2 is 2.00 bits per heavy atom. The Hall–Kier alpha value is -4.07. The van der Waals surface area contributed by atoms with Gasteiger partial charge in [-0.1, -0.05) is 6.07 Å². The van der Waals surface area contributed by atoms with Crippen molar-refractivity contribution in [2.75, 3.05) is 24.6 Å². The number of nitrogens with zero attached hydrogens (tertiary/aromatic N) is 5. The topological polar surface area (TPSA) is 111 Å². The first kappa shape index (κ1) is 21.5. The Morgan fingerprint density at radius 1 is 1.14 bits per heavy atom. The summed E-state index contributed by atoms with van der Waals surface area (Å²) < 4.78 is 1.41. The van der Waals surface area contributed by atoms with Crippen molar-refractivity contribution in [3.05, 3.63) is 70.3 Å². The van der Waals surface area contributed by atoms with E-state index in [9.17, 15) is 4.79 Å². The predicted octanol–water partition coefficient (Wildman–Crippen LogP) is 4.17. The lowest BCUT2D eigenvalue weighted by atomic mass is 10.1. The number of aliphatic imine (C=N–C) groups is 1. The van der Waals surface area contributed by atoms with Gasteiger partial charge in [-0.05, 0) is 68.0 Å². The van der Waals surface area contributed by atoms with Crippen LogP contribution in [0.25, 0.3) is 27.8 Å². The summed E-state index contributed by atoms with van der Waals surface area (Å²) in [5.74, 6) is 2.00. The van der Waals surface area contributed by atoms with E-state index in [1.165, 1.54) is 30.4 Å². The smallest absolute Gasteiger partial charge is 0.281 e. The van der Waals surface area contributed by atoms with Crippen molar-refractivity contribution >= 4 is 28.8 Å². The van der Waals surface area contributed by atoms with Crippen LogP contribution in [0.4, 0.5) is 11.5 Å². The number of anilines is 2. The van der Waals surface area contributed by atoms with E-state index in [0.717, 1.165) is 29.2 Å². The number of nitrogens with two attached hydrogens (primary N) is 1. The lowest BCUT2D eigenvalue weighted by Gasteiger charge is -2.13. The number of rotatable bonds is 7. The Kier molecular flexibility index (Phi) is 5.28. The average Bonchev–Trinajstić information content (AvgIpc) is 3.79. The van der Waals surface area contributed by atoms with Crippen molar-refractivity contribution in [3.8, 4) is 16.8 Å². The van der Waals surface area contributed by atoms with Crippen molar-refractivity contribution in [2.24, 2.45) is 10.9 Å². The van der Waals surface area contributed by atoms with Gasteiger partial charge in [0.15, 0.2) is 0 Å². The van der Waals surface area contributed by atoms with Gasteiger partial charge in [0.25, 0.3) is 5.56 Å². The van der Waals surface area contributed by atoms with Crippen LogP contribution < -0.4 is 16.6 Å². The van der Waals surface area contributed by atoms with E-state index in [4.69, 9.17) is 10.7 Å². The number of hydrogen-bond donors (Lipinski definition) is 2. The normalized spacial score (nSPS) is 15.7. The third-order valence-electron chi connectivity index (χ3n) is 6.65. The molecule has 3 N–H and O–H groups in total. The zero-order valence-corrected chi connectivity index (χ0v) is 19.6. The maximum absolute atomic E-state index is 13.9. The number of aromatic nitrogens is 4. The van der Waals surface area contributed by atoms with Gasteiger partial charge in [-0.15, -0.1) is 0 Å². The monoisotopic (exact) mass is 465 g/mol. The first-order valence-electron chi connectivity index (χ1n) is 12.1. The summed E-state index contributed by atoms with van der Waals surface area (Å²) in [5.41, 5.74) is 11.3. The fraction of sp³-hybridized carbons (Fsp3) is 0.296. The minimum atomic E-state index is -0.255. The molecule has 0 atom stereocenters. The van der Waals surface area contributed by atoms with Gasteiger partial charge in [0.05, 0.1) is 11.3 Å². The van der Waals surface area contributed by atoms with Crippen molar-refractivity contribution < 1.29 is 0 Å². The van der Waals surface area contributed by atoms with Crippen LogP contribution in [0.3, 0.4) is 0 Å². The molecule has 2 fully saturated rings. The lowest BCUT2D eigenvalue weighted by molar-refractivity contribution is 0.831. The molecule has 35 heavy (non-hydrogen) atoms. The van der Waals surface area contributed by atoms with Crippen LogP contribution in [0, 0.1) is 5.92 Å². The molecule has 3 aromatic heterocycles. The van der Waals surface area contributed by atoms with Crippen molar-refractivity contribution in [2.45, 2.75) is 31.6 Å². The molecule has 0 aliphatic heterocycles. The molecular weight excluding hydrogens is 438 g/mol. The average molecular weight is 466 g/mol. The zero-order chi connectivity index (χ0) is 23.9. The molecule has 2 aliphatic carbocycles. The zero-order valence-electron chi connectivity index (χ0n) is 19.6. The highest BCUT2D eigenvalue weighted by Gasteiger charge is 2.25. The van der Waals surface area contributed by atoms with Gasteiger partial charge < -0.3 is 11.1 Å². The Bertz CT molecular complexity index is 1500. The molecule has 6 rings (SSSR count). The molecule has 0 radical (unpaired) electrons. The van der Waals surface area contributed by atoms with Crippen LogP contribution in [0.5, 0.6) is 0 Å². The molecular formula is C27H27N7O. The summed E-state index contributed by atoms with van der Waals surface area (Å²) in [5, 5.41) is 8.09. The van der Waals surface area contributed by atoms with E-state index >= 15 is 0 Å². The Balaban J connectivity index is 1.53. The van der Waals surface area contributed by atoms with E-state index in [0.29, 0.717) is 39.8 Å². The van der Waals surface area contributed by atoms with Crippen LogP contribution >= 0.6 is 0 Å². The number of nitrogen functional groups attached to an aromatic ring is 1. The molecule has 0 saturated heterocycles. The number of hydrogen-bond acceptors (Lipinski definition) is 7. The molecule has 176 valence electrons. The summed E-state index contributed by atoms with van der Waals surface area (Å²) in [6.45, 7) is 0.892. The van der Waals surface area contributed by atoms with Gasteiger partial charge >= 0.3 is 0 Å². The second kappa shape index (κ2) is 8.61. The highest BCUT2D eigenvalue weighted by atomic mass is 16.1. The number of benzene rings is 1. The van der Waals surface area contributed by atoms with Gasteiger partial charge in [0.1, 0.15) is 16.9 Å². The Labute approximate surface area is 203 Å².